The minimum Gasteiger partial charge on any atom is -0.382 e. The van der Waals surface area contributed by atoms with E-state index in [1.165, 1.54) is 16.8 Å². The van der Waals surface area contributed by atoms with E-state index in [9.17, 15) is 26.7 Å². The summed E-state index contributed by atoms with van der Waals surface area (Å²) in [5, 5.41) is 13.0. The summed E-state index contributed by atoms with van der Waals surface area (Å²) in [5.74, 6) is -1.64. The number of halogens is 5. The Morgan fingerprint density at radius 1 is 1.08 bits per heavy atom. The first-order chi connectivity index (χ1) is 18.1. The molecule has 0 radical (unpaired) electrons. The van der Waals surface area contributed by atoms with Crippen LogP contribution < -0.4 is 16.0 Å². The molecule has 1 aliphatic carbocycles. The van der Waals surface area contributed by atoms with Gasteiger partial charge in [-0.15, -0.1) is 5.10 Å². The van der Waals surface area contributed by atoms with Gasteiger partial charge in [0.15, 0.2) is 11.5 Å². The number of fused-ring (bicyclic) bond motifs is 1. The van der Waals surface area contributed by atoms with Gasteiger partial charge in [-0.2, -0.15) is 13.2 Å². The van der Waals surface area contributed by atoms with Gasteiger partial charge in [0, 0.05) is 41.5 Å². The Morgan fingerprint density at radius 2 is 1.82 bits per heavy atom. The van der Waals surface area contributed by atoms with Crippen molar-refractivity contribution in [2.45, 2.75) is 38.4 Å². The van der Waals surface area contributed by atoms with Crippen molar-refractivity contribution >= 4 is 28.7 Å². The quantitative estimate of drug-likeness (QED) is 0.244. The molecule has 12 heteroatoms. The molecule has 3 N–H and O–H groups in total. The zero-order valence-electron chi connectivity index (χ0n) is 20.2. The highest BCUT2D eigenvalue weighted by molar-refractivity contribution is 5.96. The van der Waals surface area contributed by atoms with E-state index in [1.807, 2.05) is 0 Å². The van der Waals surface area contributed by atoms with Crippen molar-refractivity contribution in [2.24, 2.45) is 0 Å². The Labute approximate surface area is 214 Å². The number of aromatic nitrogens is 3. The molecule has 2 heterocycles. The SMILES string of the molecule is Cc1cc(-c2cnc3c(NCCC(F)(F)F)cc(Nc4cc(F)cc(F)c4)nn23)ccc1C(=O)NC1CC1. The van der Waals surface area contributed by atoms with Crippen molar-refractivity contribution in [1.29, 1.82) is 0 Å². The van der Waals surface area contributed by atoms with Gasteiger partial charge in [0.25, 0.3) is 5.91 Å². The van der Waals surface area contributed by atoms with Crippen LogP contribution in [0.4, 0.5) is 39.1 Å². The van der Waals surface area contributed by atoms with E-state index in [2.05, 4.69) is 26.0 Å². The van der Waals surface area contributed by atoms with Crippen molar-refractivity contribution in [2.75, 3.05) is 17.2 Å². The lowest BCUT2D eigenvalue weighted by Crippen LogP contribution is -2.26. The van der Waals surface area contributed by atoms with Crippen LogP contribution in [0.2, 0.25) is 0 Å². The van der Waals surface area contributed by atoms with E-state index in [-0.39, 0.29) is 34.8 Å². The summed E-state index contributed by atoms with van der Waals surface area (Å²) in [6.07, 6.45) is -1.98. The number of amides is 1. The van der Waals surface area contributed by atoms with Gasteiger partial charge in [-0.1, -0.05) is 6.07 Å². The molecule has 5 rings (SSSR count). The molecule has 7 nitrogen and oxygen atoms in total. The second-order valence-electron chi connectivity index (χ2n) is 9.17. The molecule has 4 aromatic rings. The number of aryl methyl sites for hydroxylation is 1. The third kappa shape index (κ3) is 5.84. The lowest BCUT2D eigenvalue weighted by atomic mass is 10.0. The molecule has 1 saturated carbocycles. The zero-order chi connectivity index (χ0) is 27.0. The second kappa shape index (κ2) is 9.92. The number of alkyl halides is 3. The van der Waals surface area contributed by atoms with Crippen LogP contribution in [0, 0.1) is 18.6 Å². The Bertz CT molecular complexity index is 1490. The fourth-order valence-corrected chi connectivity index (χ4v) is 4.04. The van der Waals surface area contributed by atoms with Crippen molar-refractivity contribution < 1.29 is 26.7 Å². The number of rotatable bonds is 8. The van der Waals surface area contributed by atoms with E-state index in [0.29, 0.717) is 16.8 Å². The molecule has 0 spiro atoms. The van der Waals surface area contributed by atoms with E-state index >= 15 is 0 Å². The maximum atomic E-state index is 13.7. The van der Waals surface area contributed by atoms with Crippen LogP contribution in [0.1, 0.15) is 35.2 Å². The minimum atomic E-state index is -4.36. The monoisotopic (exact) mass is 530 g/mol. The zero-order valence-corrected chi connectivity index (χ0v) is 20.2. The van der Waals surface area contributed by atoms with Gasteiger partial charge < -0.3 is 16.0 Å². The van der Waals surface area contributed by atoms with Gasteiger partial charge in [0.1, 0.15) is 11.6 Å². The van der Waals surface area contributed by atoms with Crippen LogP contribution in [-0.4, -0.2) is 39.3 Å². The normalized spacial score (nSPS) is 13.5. The highest BCUT2D eigenvalue weighted by Crippen LogP contribution is 2.30. The summed E-state index contributed by atoms with van der Waals surface area (Å²) in [4.78, 5) is 16.9. The van der Waals surface area contributed by atoms with Crippen LogP contribution in [0.3, 0.4) is 0 Å². The summed E-state index contributed by atoms with van der Waals surface area (Å²) in [6, 6.07) is 9.71. The number of nitrogens with zero attached hydrogens (tertiary/aromatic N) is 3. The molecule has 0 atom stereocenters. The van der Waals surface area contributed by atoms with Crippen LogP contribution in [0.15, 0.2) is 48.7 Å². The Balaban J connectivity index is 1.52. The van der Waals surface area contributed by atoms with Crippen LogP contribution in [0.5, 0.6) is 0 Å². The lowest BCUT2D eigenvalue weighted by Gasteiger charge is -2.14. The molecule has 198 valence electrons. The van der Waals surface area contributed by atoms with Crippen LogP contribution >= 0.6 is 0 Å². The molecule has 0 bridgehead atoms. The third-order valence-electron chi connectivity index (χ3n) is 6.01. The van der Waals surface area contributed by atoms with Gasteiger partial charge in [-0.25, -0.2) is 18.3 Å². The number of hydrogen-bond acceptors (Lipinski definition) is 5. The first-order valence-corrected chi connectivity index (χ1v) is 11.9. The molecule has 1 fully saturated rings. The molecule has 0 saturated heterocycles. The number of carbonyl (C=O) groups excluding carboxylic acids is 1. The summed E-state index contributed by atoms with van der Waals surface area (Å²) in [7, 11) is 0. The molecular weight excluding hydrogens is 507 g/mol. The average molecular weight is 531 g/mol. The maximum Gasteiger partial charge on any atom is 0.390 e. The summed E-state index contributed by atoms with van der Waals surface area (Å²) < 4.78 is 67.1. The van der Waals surface area contributed by atoms with Gasteiger partial charge in [0.05, 0.1) is 24.0 Å². The fourth-order valence-electron chi connectivity index (χ4n) is 4.04. The predicted molar refractivity (Wildman–Crippen MR) is 132 cm³/mol. The van der Waals surface area contributed by atoms with Gasteiger partial charge >= 0.3 is 6.18 Å². The summed E-state index contributed by atoms with van der Waals surface area (Å²) in [6.45, 7) is 1.39. The van der Waals surface area contributed by atoms with Crippen molar-refractivity contribution in [3.63, 3.8) is 0 Å². The highest BCUT2D eigenvalue weighted by atomic mass is 19.4. The number of imidazole rings is 1. The summed E-state index contributed by atoms with van der Waals surface area (Å²) in [5.41, 5.74) is 3.00. The molecule has 0 unspecified atom stereocenters. The first kappa shape index (κ1) is 25.4. The predicted octanol–water partition coefficient (Wildman–Crippen LogP) is 5.98. The molecule has 2 aromatic carbocycles. The van der Waals surface area contributed by atoms with Crippen molar-refractivity contribution in [1.82, 2.24) is 19.9 Å². The average Bonchev–Trinajstić information content (AvgIpc) is 3.52. The number of benzene rings is 2. The Morgan fingerprint density at radius 3 is 2.47 bits per heavy atom. The lowest BCUT2D eigenvalue weighted by molar-refractivity contribution is -0.131. The molecule has 1 amide bonds. The first-order valence-electron chi connectivity index (χ1n) is 11.9. The minimum absolute atomic E-state index is 0.0686. The van der Waals surface area contributed by atoms with Crippen LogP contribution in [0.25, 0.3) is 16.9 Å². The molecule has 1 aliphatic rings. The standard InChI is InChI=1S/C26H23F5N6O/c1-14-8-15(2-5-20(14)25(38)35-18-3-4-18)22-13-33-24-21(32-7-6-26(29,30)31)12-23(36-37(22)24)34-19-10-16(27)9-17(28)11-19/h2,5,8-13,18,32H,3-4,6-7H2,1H3,(H,34,36)(H,35,38). The maximum absolute atomic E-state index is 13.7. The second-order valence-corrected chi connectivity index (χ2v) is 9.17. The van der Waals surface area contributed by atoms with E-state index in [4.69, 9.17) is 0 Å². The van der Waals surface area contributed by atoms with Gasteiger partial charge in [-0.3, -0.25) is 4.79 Å². The van der Waals surface area contributed by atoms with Gasteiger partial charge in [0.2, 0.25) is 0 Å². The van der Waals surface area contributed by atoms with E-state index in [0.717, 1.165) is 36.6 Å². The molecular formula is C26H23F5N6O. The Kier molecular flexibility index (Phi) is 6.64. The molecule has 0 aliphatic heterocycles. The number of nitrogens with one attached hydrogen (secondary N) is 3. The highest BCUT2D eigenvalue weighted by Gasteiger charge is 2.27. The number of anilines is 3. The molecule has 38 heavy (non-hydrogen) atoms. The Hall–Kier alpha value is -4.22. The fraction of sp³-hybridized carbons (Fsp3) is 0.269. The van der Waals surface area contributed by atoms with Crippen molar-refractivity contribution in [3.8, 4) is 11.3 Å². The summed E-state index contributed by atoms with van der Waals surface area (Å²) >= 11 is 0. The number of carbonyl (C=O) groups is 1. The van der Waals surface area contributed by atoms with Crippen LogP contribution in [-0.2, 0) is 0 Å². The smallest absolute Gasteiger partial charge is 0.382 e. The van der Waals surface area contributed by atoms with Crippen molar-refractivity contribution in [3.05, 3.63) is 71.4 Å². The third-order valence-corrected chi connectivity index (χ3v) is 6.01. The van der Waals surface area contributed by atoms with E-state index < -0.39 is 30.8 Å². The topological polar surface area (TPSA) is 83.3 Å². The largest absolute Gasteiger partial charge is 0.390 e. The molecule has 2 aromatic heterocycles. The van der Waals surface area contributed by atoms with Gasteiger partial charge in [-0.05, 0) is 49.6 Å². The van der Waals surface area contributed by atoms with E-state index in [1.54, 1.807) is 25.1 Å². The number of hydrogen-bond donors (Lipinski definition) is 3.